The number of carbonyl (C=O) groups is 1. The van der Waals surface area contributed by atoms with Gasteiger partial charge in [0.2, 0.25) is 5.91 Å². The van der Waals surface area contributed by atoms with Gasteiger partial charge in [-0.1, -0.05) is 36.4 Å². The maximum Gasteiger partial charge on any atom is 0.224 e. The molecule has 2 aromatic rings. The number of hydrogen-bond acceptors (Lipinski definition) is 2. The molecule has 4 unspecified atom stereocenters. The first-order chi connectivity index (χ1) is 11.1. The predicted molar refractivity (Wildman–Crippen MR) is 84.3 cm³/mol. The van der Waals surface area contributed by atoms with E-state index in [4.69, 9.17) is 0 Å². The summed E-state index contributed by atoms with van der Waals surface area (Å²) in [5.74, 6) is -0.217. The zero-order valence-corrected chi connectivity index (χ0v) is 12.6. The minimum Gasteiger partial charge on any atom is -0.390 e. The van der Waals surface area contributed by atoms with E-state index in [9.17, 15) is 14.3 Å². The van der Waals surface area contributed by atoms with Crippen LogP contribution in [0.5, 0.6) is 0 Å². The van der Waals surface area contributed by atoms with Gasteiger partial charge in [-0.05, 0) is 41.2 Å². The van der Waals surface area contributed by atoms with Gasteiger partial charge >= 0.3 is 0 Å². The lowest BCUT2D eigenvalue weighted by atomic mass is 10.1. The summed E-state index contributed by atoms with van der Waals surface area (Å²) in [6, 6.07) is 13.8. The topological polar surface area (TPSA) is 49.3 Å². The number of benzene rings is 2. The molecule has 0 heterocycles. The van der Waals surface area contributed by atoms with Gasteiger partial charge in [0.05, 0.1) is 12.1 Å². The smallest absolute Gasteiger partial charge is 0.224 e. The van der Waals surface area contributed by atoms with E-state index in [0.29, 0.717) is 6.42 Å². The third-order valence-corrected chi connectivity index (χ3v) is 4.93. The average molecular weight is 311 g/mol. The Morgan fingerprint density at radius 1 is 1.13 bits per heavy atom. The van der Waals surface area contributed by atoms with Gasteiger partial charge in [0, 0.05) is 12.3 Å². The molecule has 0 spiro atoms. The molecule has 3 nitrogen and oxygen atoms in total. The highest BCUT2D eigenvalue weighted by atomic mass is 19.1. The van der Waals surface area contributed by atoms with Crippen LogP contribution in [0.1, 0.15) is 35.1 Å². The van der Waals surface area contributed by atoms with Crippen LogP contribution in [0.3, 0.4) is 0 Å². The van der Waals surface area contributed by atoms with E-state index in [1.165, 1.54) is 12.1 Å². The average Bonchev–Trinajstić information content (AvgIpc) is 3.28. The van der Waals surface area contributed by atoms with Crippen molar-refractivity contribution < 1.29 is 14.3 Å². The maximum absolute atomic E-state index is 13.0. The third kappa shape index (κ3) is 2.63. The van der Waals surface area contributed by atoms with Crippen molar-refractivity contribution in [1.82, 2.24) is 5.32 Å². The molecule has 0 aromatic heterocycles. The molecule has 0 saturated heterocycles. The van der Waals surface area contributed by atoms with Crippen LogP contribution >= 0.6 is 0 Å². The predicted octanol–water partition coefficient (Wildman–Crippen LogP) is 2.70. The Hall–Kier alpha value is -2.20. The van der Waals surface area contributed by atoms with E-state index in [1.54, 1.807) is 12.1 Å². The summed E-state index contributed by atoms with van der Waals surface area (Å²) >= 11 is 0. The van der Waals surface area contributed by atoms with Gasteiger partial charge in [-0.25, -0.2) is 4.39 Å². The molecular weight excluding hydrogens is 293 g/mol. The van der Waals surface area contributed by atoms with Crippen LogP contribution in [0.4, 0.5) is 4.39 Å². The molecule has 2 N–H and O–H groups in total. The van der Waals surface area contributed by atoms with Gasteiger partial charge in [0.25, 0.3) is 0 Å². The maximum atomic E-state index is 13.0. The Bertz CT molecular complexity index is 743. The van der Waals surface area contributed by atoms with Crippen molar-refractivity contribution in [3.63, 3.8) is 0 Å². The Morgan fingerprint density at radius 2 is 1.87 bits per heavy atom. The molecule has 0 aliphatic heterocycles. The van der Waals surface area contributed by atoms with Crippen LogP contribution in [-0.2, 0) is 11.2 Å². The Balaban J connectivity index is 1.44. The summed E-state index contributed by atoms with van der Waals surface area (Å²) in [7, 11) is 0. The molecule has 1 amide bonds. The number of aliphatic hydroxyl groups is 1. The number of halogens is 1. The zero-order chi connectivity index (χ0) is 16.0. The highest BCUT2D eigenvalue weighted by molar-refractivity contribution is 5.83. The molecule has 23 heavy (non-hydrogen) atoms. The molecule has 118 valence electrons. The van der Waals surface area contributed by atoms with E-state index < -0.39 is 6.10 Å². The monoisotopic (exact) mass is 311 g/mol. The van der Waals surface area contributed by atoms with E-state index in [1.807, 2.05) is 24.3 Å². The zero-order valence-electron chi connectivity index (χ0n) is 12.6. The highest BCUT2D eigenvalue weighted by Crippen LogP contribution is 2.48. The minimum atomic E-state index is -0.570. The van der Waals surface area contributed by atoms with E-state index in [-0.39, 0.29) is 29.6 Å². The SMILES string of the molecule is O=C(NC1c2ccccc2CC1O)C1CC1c1ccc(F)cc1. The molecular formula is C19H18FNO2. The van der Waals surface area contributed by atoms with Crippen LogP contribution < -0.4 is 5.32 Å². The standard InChI is InChI=1S/C19H18FNO2/c20-13-7-5-11(6-8-13)15-10-16(15)19(23)21-18-14-4-2-1-3-12(14)9-17(18)22/h1-8,15-18,22H,9-10H2,(H,21,23). The number of carbonyl (C=O) groups excluding carboxylic acids is 1. The molecule has 2 aromatic carbocycles. The Labute approximate surface area is 134 Å². The van der Waals surface area contributed by atoms with Crippen molar-refractivity contribution in [2.75, 3.05) is 0 Å². The molecule has 0 bridgehead atoms. The van der Waals surface area contributed by atoms with Crippen molar-refractivity contribution in [3.05, 3.63) is 71.0 Å². The van der Waals surface area contributed by atoms with E-state index in [0.717, 1.165) is 23.1 Å². The summed E-state index contributed by atoms with van der Waals surface area (Å²) in [5, 5.41) is 13.2. The first kappa shape index (κ1) is 14.4. The minimum absolute atomic E-state index is 0.0277. The van der Waals surface area contributed by atoms with Crippen molar-refractivity contribution in [2.45, 2.75) is 30.9 Å². The van der Waals surface area contributed by atoms with E-state index >= 15 is 0 Å². The number of fused-ring (bicyclic) bond motifs is 1. The lowest BCUT2D eigenvalue weighted by Gasteiger charge is -2.18. The third-order valence-electron chi connectivity index (χ3n) is 4.93. The van der Waals surface area contributed by atoms with Gasteiger partial charge < -0.3 is 10.4 Å². The van der Waals surface area contributed by atoms with Crippen LogP contribution in [0.2, 0.25) is 0 Å². The van der Waals surface area contributed by atoms with Gasteiger partial charge in [-0.2, -0.15) is 0 Å². The van der Waals surface area contributed by atoms with Crippen molar-refractivity contribution >= 4 is 5.91 Å². The summed E-state index contributed by atoms with van der Waals surface area (Å²) in [4.78, 5) is 12.5. The summed E-state index contributed by atoms with van der Waals surface area (Å²) in [6.45, 7) is 0. The normalized spacial score (nSPS) is 28.3. The number of nitrogens with one attached hydrogen (secondary N) is 1. The van der Waals surface area contributed by atoms with E-state index in [2.05, 4.69) is 5.32 Å². The quantitative estimate of drug-likeness (QED) is 0.915. The summed E-state index contributed by atoms with van der Waals surface area (Å²) in [5.41, 5.74) is 3.10. The Morgan fingerprint density at radius 3 is 2.65 bits per heavy atom. The lowest BCUT2D eigenvalue weighted by Crippen LogP contribution is -2.35. The van der Waals surface area contributed by atoms with Crippen molar-refractivity contribution in [1.29, 1.82) is 0 Å². The second kappa shape index (κ2) is 5.46. The van der Waals surface area contributed by atoms with Crippen LogP contribution in [-0.4, -0.2) is 17.1 Å². The second-order valence-corrected chi connectivity index (χ2v) is 6.46. The molecule has 2 aliphatic carbocycles. The number of amides is 1. The van der Waals surface area contributed by atoms with Crippen LogP contribution in [0.15, 0.2) is 48.5 Å². The summed E-state index contributed by atoms with van der Waals surface area (Å²) < 4.78 is 13.0. The fourth-order valence-electron chi connectivity index (χ4n) is 3.57. The van der Waals surface area contributed by atoms with Gasteiger partial charge in [-0.15, -0.1) is 0 Å². The molecule has 1 fully saturated rings. The summed E-state index contributed by atoms with van der Waals surface area (Å²) in [6.07, 6.45) is 0.786. The van der Waals surface area contributed by atoms with Crippen molar-refractivity contribution in [2.24, 2.45) is 5.92 Å². The van der Waals surface area contributed by atoms with Gasteiger partial charge in [0.1, 0.15) is 5.82 Å². The molecule has 4 atom stereocenters. The first-order valence-corrected chi connectivity index (χ1v) is 7.95. The number of rotatable bonds is 3. The fourth-order valence-corrected chi connectivity index (χ4v) is 3.57. The fraction of sp³-hybridized carbons (Fsp3) is 0.316. The van der Waals surface area contributed by atoms with Crippen LogP contribution in [0, 0.1) is 11.7 Å². The Kier molecular flexibility index (Phi) is 3.42. The molecule has 2 aliphatic rings. The second-order valence-electron chi connectivity index (χ2n) is 6.46. The molecule has 1 saturated carbocycles. The largest absolute Gasteiger partial charge is 0.390 e. The van der Waals surface area contributed by atoms with Gasteiger partial charge in [-0.3, -0.25) is 4.79 Å². The number of aliphatic hydroxyl groups excluding tert-OH is 1. The van der Waals surface area contributed by atoms with Crippen LogP contribution in [0.25, 0.3) is 0 Å². The highest BCUT2D eigenvalue weighted by Gasteiger charge is 2.45. The molecule has 0 radical (unpaired) electrons. The van der Waals surface area contributed by atoms with Gasteiger partial charge in [0.15, 0.2) is 0 Å². The van der Waals surface area contributed by atoms with Crippen molar-refractivity contribution in [3.8, 4) is 0 Å². The molecule has 4 rings (SSSR count). The molecule has 4 heteroatoms. The first-order valence-electron chi connectivity index (χ1n) is 7.95. The lowest BCUT2D eigenvalue weighted by molar-refractivity contribution is -0.123. The number of hydrogen-bond donors (Lipinski definition) is 2.